The Hall–Kier alpha value is 1.21. The van der Waals surface area contributed by atoms with Crippen LogP contribution in [0.3, 0.4) is 0 Å². The van der Waals surface area contributed by atoms with Crippen LogP contribution in [0.2, 0.25) is 0 Å². The van der Waals surface area contributed by atoms with Crippen LogP contribution >= 0.6 is 37.6 Å². The zero-order valence-corrected chi connectivity index (χ0v) is 6.83. The maximum absolute atomic E-state index is 10.1. The molecule has 0 aromatic heterocycles. The number of halogens is 2. The molecule has 5 heteroatoms. The van der Waals surface area contributed by atoms with Gasteiger partial charge in [0, 0.05) is 29.2 Å². The molecule has 6 heavy (non-hydrogen) atoms. The first-order valence-electron chi connectivity index (χ1n) is 1.11. The molecule has 0 aromatic carbocycles. The van der Waals surface area contributed by atoms with Crippen molar-refractivity contribution in [3.63, 3.8) is 0 Å². The van der Waals surface area contributed by atoms with E-state index in [0.29, 0.717) is 0 Å². The topological polar surface area (TPSA) is 26.3 Å². The molecule has 0 N–H and O–H groups in total. The van der Waals surface area contributed by atoms with E-state index in [-0.39, 0.29) is 0 Å². The van der Waals surface area contributed by atoms with Gasteiger partial charge in [-0.3, -0.25) is 4.57 Å². The summed E-state index contributed by atoms with van der Waals surface area (Å²) in [6.07, 6.45) is 0. The lowest BCUT2D eigenvalue weighted by molar-refractivity contribution is 0.425. The molecule has 0 saturated heterocycles. The summed E-state index contributed by atoms with van der Waals surface area (Å²) in [7, 11) is 1.31. The Labute approximate surface area is 53.9 Å². The maximum Gasteiger partial charge on any atom is 0.346 e. The van der Waals surface area contributed by atoms with Crippen molar-refractivity contribution in [3.8, 4) is 0 Å². The summed E-state index contributed by atoms with van der Waals surface area (Å²) in [4.78, 5) is 0. The van der Waals surface area contributed by atoms with Crippen LogP contribution in [0, 0.1) is 0 Å². The van der Waals surface area contributed by atoms with Crippen molar-refractivity contribution in [3.05, 3.63) is 0 Å². The molecule has 0 fully saturated rings. The molecule has 0 rings (SSSR count). The molecular formula is CH3ClIO2P. The SMILES string of the molecule is COP(=O)(Cl)I. The van der Waals surface area contributed by atoms with E-state index in [1.165, 1.54) is 29.2 Å². The maximum atomic E-state index is 10.1. The van der Waals surface area contributed by atoms with E-state index < -0.39 is 4.36 Å². The van der Waals surface area contributed by atoms with Gasteiger partial charge in [-0.2, -0.15) is 0 Å². The predicted octanol–water partition coefficient (Wildman–Crippen LogP) is 2.41. The van der Waals surface area contributed by atoms with Gasteiger partial charge in [-0.1, -0.05) is 0 Å². The van der Waals surface area contributed by atoms with E-state index >= 15 is 0 Å². The van der Waals surface area contributed by atoms with Gasteiger partial charge >= 0.3 is 4.36 Å². The number of rotatable bonds is 1. The van der Waals surface area contributed by atoms with Gasteiger partial charge in [0.15, 0.2) is 0 Å². The zero-order chi connectivity index (χ0) is 5.21. The minimum absolute atomic E-state index is 1.31. The van der Waals surface area contributed by atoms with Crippen LogP contribution in [0.15, 0.2) is 0 Å². The smallest absolute Gasteiger partial charge is 0.314 e. The summed E-state index contributed by atoms with van der Waals surface area (Å²) in [5.74, 6) is 0. The van der Waals surface area contributed by atoms with Crippen LogP contribution in [0.25, 0.3) is 0 Å². The summed E-state index contributed by atoms with van der Waals surface area (Å²) < 4.78 is 11.7. The standard InChI is InChI=1S/CH3ClIO2P/c1-5-6(2,3)4/h1H3. The Balaban J connectivity index is 3.48. The summed E-state index contributed by atoms with van der Waals surface area (Å²) in [5, 5.41) is 0. The minimum atomic E-state index is -2.70. The lowest BCUT2D eigenvalue weighted by Gasteiger charge is -1.91. The molecule has 0 spiro atoms. The number of hydrogen-bond acceptors (Lipinski definition) is 2. The highest BCUT2D eigenvalue weighted by Crippen LogP contribution is 2.59. The second kappa shape index (κ2) is 2.50. The Bertz CT molecular complexity index is 77.6. The highest BCUT2D eigenvalue weighted by molar-refractivity contribution is 14.2. The van der Waals surface area contributed by atoms with Gasteiger partial charge in [0.1, 0.15) is 0 Å². The van der Waals surface area contributed by atoms with Gasteiger partial charge in [-0.15, -0.1) is 0 Å². The summed E-state index contributed by atoms with van der Waals surface area (Å²) in [6.45, 7) is 0. The van der Waals surface area contributed by atoms with Gasteiger partial charge in [0.2, 0.25) is 0 Å². The minimum Gasteiger partial charge on any atom is -0.314 e. The molecule has 1 atom stereocenters. The molecule has 0 heterocycles. The van der Waals surface area contributed by atoms with Gasteiger partial charge in [0.05, 0.1) is 0 Å². The largest absolute Gasteiger partial charge is 0.346 e. The van der Waals surface area contributed by atoms with Crippen molar-refractivity contribution in [2.24, 2.45) is 0 Å². The fourth-order valence-electron chi connectivity index (χ4n) is 0. The Morgan fingerprint density at radius 2 is 2.17 bits per heavy atom. The Kier molecular flexibility index (Phi) is 3.01. The molecule has 38 valence electrons. The Morgan fingerprint density at radius 1 is 2.00 bits per heavy atom. The van der Waals surface area contributed by atoms with Crippen molar-refractivity contribution in [2.75, 3.05) is 7.11 Å². The van der Waals surface area contributed by atoms with Crippen molar-refractivity contribution in [2.45, 2.75) is 0 Å². The molecule has 0 aliphatic rings. The second-order valence-corrected chi connectivity index (χ2v) is 8.65. The van der Waals surface area contributed by atoms with Crippen LogP contribution in [-0.2, 0) is 9.09 Å². The molecule has 2 nitrogen and oxygen atoms in total. The predicted molar refractivity (Wildman–Crippen MR) is 34.5 cm³/mol. The van der Waals surface area contributed by atoms with Crippen molar-refractivity contribution in [1.29, 1.82) is 0 Å². The molecule has 0 aliphatic heterocycles. The third-order valence-corrected chi connectivity index (χ3v) is 2.23. The average Bonchev–Trinajstić information content (AvgIpc) is 1.35. The molecule has 0 aromatic rings. The van der Waals surface area contributed by atoms with Crippen LogP contribution in [0.5, 0.6) is 0 Å². The quantitative estimate of drug-likeness (QED) is 0.520. The first-order valence-corrected chi connectivity index (χ1v) is 6.43. The lowest BCUT2D eigenvalue weighted by atomic mass is 11.8. The average molecular weight is 240 g/mol. The molecular weight excluding hydrogens is 237 g/mol. The third kappa shape index (κ3) is 5.21. The molecule has 0 aliphatic carbocycles. The highest BCUT2D eigenvalue weighted by atomic mass is 127. The fraction of sp³-hybridized carbons (Fsp3) is 1.00. The third-order valence-electron chi connectivity index (χ3n) is 0.213. The lowest BCUT2D eigenvalue weighted by Crippen LogP contribution is -1.58. The normalized spacial score (nSPS) is 19.8. The molecule has 0 saturated carbocycles. The van der Waals surface area contributed by atoms with E-state index in [9.17, 15) is 4.57 Å². The molecule has 0 amide bonds. The van der Waals surface area contributed by atoms with E-state index in [2.05, 4.69) is 4.52 Å². The van der Waals surface area contributed by atoms with Gasteiger partial charge in [0.25, 0.3) is 0 Å². The molecule has 0 radical (unpaired) electrons. The van der Waals surface area contributed by atoms with Crippen LogP contribution in [0.1, 0.15) is 0 Å². The van der Waals surface area contributed by atoms with Gasteiger partial charge < -0.3 is 4.52 Å². The van der Waals surface area contributed by atoms with Gasteiger partial charge in [-0.25, -0.2) is 0 Å². The molecule has 1 unspecified atom stereocenters. The van der Waals surface area contributed by atoms with Crippen molar-refractivity contribution < 1.29 is 9.09 Å². The second-order valence-electron chi connectivity index (χ2n) is 0.597. The zero-order valence-electron chi connectivity index (χ0n) is 3.02. The monoisotopic (exact) mass is 240 g/mol. The summed E-state index contributed by atoms with van der Waals surface area (Å²) in [5.41, 5.74) is 0. The highest BCUT2D eigenvalue weighted by Gasteiger charge is 2.07. The summed E-state index contributed by atoms with van der Waals surface area (Å²) >= 11 is 6.58. The molecule has 0 bridgehead atoms. The number of hydrogen-bond donors (Lipinski definition) is 0. The van der Waals surface area contributed by atoms with E-state index in [1.807, 2.05) is 0 Å². The van der Waals surface area contributed by atoms with Crippen LogP contribution in [0.4, 0.5) is 0 Å². The van der Waals surface area contributed by atoms with E-state index in [4.69, 9.17) is 11.2 Å². The first-order chi connectivity index (χ1) is 2.56. The first kappa shape index (κ1) is 7.21. The van der Waals surface area contributed by atoms with E-state index in [0.717, 1.165) is 0 Å². The van der Waals surface area contributed by atoms with E-state index in [1.54, 1.807) is 0 Å². The van der Waals surface area contributed by atoms with Crippen molar-refractivity contribution in [1.82, 2.24) is 0 Å². The van der Waals surface area contributed by atoms with Gasteiger partial charge in [-0.05, 0) is 11.2 Å². The fourth-order valence-corrected chi connectivity index (χ4v) is 0. The van der Waals surface area contributed by atoms with Crippen LogP contribution < -0.4 is 0 Å². The van der Waals surface area contributed by atoms with Crippen LogP contribution in [-0.4, -0.2) is 7.11 Å². The summed E-state index contributed by atoms with van der Waals surface area (Å²) in [6, 6.07) is 0. The van der Waals surface area contributed by atoms with Crippen molar-refractivity contribution >= 4 is 37.6 Å². The Morgan fingerprint density at radius 3 is 2.17 bits per heavy atom.